The average Bonchev–Trinajstić information content (AvgIpc) is 3.01. The highest BCUT2D eigenvalue weighted by Gasteiger charge is 2.23. The van der Waals surface area contributed by atoms with Crippen molar-refractivity contribution in [3.05, 3.63) is 24.2 Å². The maximum absolute atomic E-state index is 12.0. The van der Waals surface area contributed by atoms with Gasteiger partial charge in [-0.2, -0.15) is 0 Å². The summed E-state index contributed by atoms with van der Waals surface area (Å²) in [6.07, 6.45) is 3.65. The number of hydrogen-bond acceptors (Lipinski definition) is 4. The van der Waals surface area contributed by atoms with Crippen LogP contribution < -0.4 is 5.32 Å². The summed E-state index contributed by atoms with van der Waals surface area (Å²) in [4.78, 5) is 14.2. The molecule has 1 aliphatic rings. The fourth-order valence-electron chi connectivity index (χ4n) is 2.72. The van der Waals surface area contributed by atoms with Crippen LogP contribution in [0.3, 0.4) is 0 Å². The van der Waals surface area contributed by atoms with Crippen molar-refractivity contribution in [1.82, 2.24) is 10.2 Å². The SMILES string of the molecule is CC(CC(O)c1ccco1)NC(=O)CN1CCCC1C. The second-order valence-electron chi connectivity index (χ2n) is 5.70. The topological polar surface area (TPSA) is 65.7 Å². The molecule has 2 rings (SSSR count). The Kier molecular flexibility index (Phi) is 5.20. The molecule has 0 radical (unpaired) electrons. The highest BCUT2D eigenvalue weighted by molar-refractivity contribution is 5.78. The van der Waals surface area contributed by atoms with Crippen molar-refractivity contribution in [1.29, 1.82) is 0 Å². The molecule has 3 unspecified atom stereocenters. The third-order valence-electron chi connectivity index (χ3n) is 3.89. The minimum atomic E-state index is -0.675. The highest BCUT2D eigenvalue weighted by Crippen LogP contribution is 2.19. The molecular weight excluding hydrogens is 256 g/mol. The number of amides is 1. The molecule has 112 valence electrons. The van der Waals surface area contributed by atoms with E-state index in [-0.39, 0.29) is 11.9 Å². The molecule has 5 nitrogen and oxygen atoms in total. The van der Waals surface area contributed by atoms with E-state index in [9.17, 15) is 9.90 Å². The van der Waals surface area contributed by atoms with Crippen LogP contribution in [0.15, 0.2) is 22.8 Å². The lowest BCUT2D eigenvalue weighted by Crippen LogP contribution is -2.42. The van der Waals surface area contributed by atoms with Gasteiger partial charge in [-0.25, -0.2) is 0 Å². The van der Waals surface area contributed by atoms with E-state index in [1.807, 2.05) is 6.92 Å². The molecule has 1 aliphatic heterocycles. The van der Waals surface area contributed by atoms with E-state index in [2.05, 4.69) is 17.1 Å². The molecule has 1 aromatic heterocycles. The maximum atomic E-state index is 12.0. The second kappa shape index (κ2) is 6.90. The normalized spacial score (nSPS) is 22.6. The van der Waals surface area contributed by atoms with Gasteiger partial charge in [-0.1, -0.05) is 0 Å². The Morgan fingerprint density at radius 3 is 3.05 bits per heavy atom. The molecule has 0 aliphatic carbocycles. The van der Waals surface area contributed by atoms with Crippen LogP contribution in [-0.4, -0.2) is 41.1 Å². The summed E-state index contributed by atoms with van der Waals surface area (Å²) < 4.78 is 5.15. The molecule has 0 saturated carbocycles. The fraction of sp³-hybridized carbons (Fsp3) is 0.667. The van der Waals surface area contributed by atoms with Gasteiger partial charge in [-0.05, 0) is 45.4 Å². The van der Waals surface area contributed by atoms with Crippen LogP contribution in [0.5, 0.6) is 0 Å². The number of rotatable bonds is 6. The Labute approximate surface area is 119 Å². The Balaban J connectivity index is 1.73. The van der Waals surface area contributed by atoms with Crippen molar-refractivity contribution >= 4 is 5.91 Å². The van der Waals surface area contributed by atoms with Gasteiger partial charge in [0.05, 0.1) is 12.8 Å². The Bertz CT molecular complexity index is 419. The summed E-state index contributed by atoms with van der Waals surface area (Å²) in [5.41, 5.74) is 0. The lowest BCUT2D eigenvalue weighted by molar-refractivity contribution is -0.123. The van der Waals surface area contributed by atoms with Crippen LogP contribution in [0.2, 0.25) is 0 Å². The quantitative estimate of drug-likeness (QED) is 0.832. The predicted octanol–water partition coefficient (Wildman–Crippen LogP) is 1.69. The number of nitrogens with zero attached hydrogens (tertiary/aromatic N) is 1. The van der Waals surface area contributed by atoms with E-state index < -0.39 is 6.10 Å². The fourth-order valence-corrected chi connectivity index (χ4v) is 2.72. The molecule has 2 N–H and O–H groups in total. The van der Waals surface area contributed by atoms with Crippen LogP contribution in [-0.2, 0) is 4.79 Å². The lowest BCUT2D eigenvalue weighted by atomic mass is 10.1. The first-order valence-electron chi connectivity index (χ1n) is 7.31. The van der Waals surface area contributed by atoms with Crippen LogP contribution in [0.1, 0.15) is 45.0 Å². The number of carbonyl (C=O) groups is 1. The van der Waals surface area contributed by atoms with Crippen LogP contribution in [0.25, 0.3) is 0 Å². The van der Waals surface area contributed by atoms with Gasteiger partial charge in [0, 0.05) is 18.5 Å². The lowest BCUT2D eigenvalue weighted by Gasteiger charge is -2.22. The van der Waals surface area contributed by atoms with Crippen molar-refractivity contribution in [3.63, 3.8) is 0 Å². The first kappa shape index (κ1) is 15.1. The van der Waals surface area contributed by atoms with Crippen molar-refractivity contribution < 1.29 is 14.3 Å². The number of hydrogen-bond donors (Lipinski definition) is 2. The van der Waals surface area contributed by atoms with Gasteiger partial charge in [0.1, 0.15) is 11.9 Å². The monoisotopic (exact) mass is 280 g/mol. The standard InChI is InChI=1S/C15H24N2O3/c1-11(9-13(18)14-6-4-8-20-14)16-15(19)10-17-7-3-5-12(17)2/h4,6,8,11-13,18H,3,5,7,9-10H2,1-2H3,(H,16,19). The van der Waals surface area contributed by atoms with E-state index in [1.165, 1.54) is 19.1 Å². The number of nitrogens with one attached hydrogen (secondary N) is 1. The number of carbonyl (C=O) groups excluding carboxylic acids is 1. The average molecular weight is 280 g/mol. The van der Waals surface area contributed by atoms with E-state index >= 15 is 0 Å². The molecule has 1 aromatic rings. The summed E-state index contributed by atoms with van der Waals surface area (Å²) >= 11 is 0. The zero-order valence-electron chi connectivity index (χ0n) is 12.2. The molecule has 1 amide bonds. The molecule has 0 spiro atoms. The highest BCUT2D eigenvalue weighted by atomic mass is 16.4. The Morgan fingerprint density at radius 2 is 2.45 bits per heavy atom. The molecule has 2 heterocycles. The third kappa shape index (κ3) is 4.08. The molecule has 1 fully saturated rings. The van der Waals surface area contributed by atoms with Gasteiger partial charge in [-0.15, -0.1) is 0 Å². The van der Waals surface area contributed by atoms with Crippen LogP contribution >= 0.6 is 0 Å². The maximum Gasteiger partial charge on any atom is 0.234 e. The molecule has 1 saturated heterocycles. The van der Waals surface area contributed by atoms with Gasteiger partial charge in [0.25, 0.3) is 0 Å². The van der Waals surface area contributed by atoms with Gasteiger partial charge >= 0.3 is 0 Å². The summed E-state index contributed by atoms with van der Waals surface area (Å²) in [5, 5.41) is 12.9. The first-order chi connectivity index (χ1) is 9.56. The van der Waals surface area contributed by atoms with Crippen molar-refractivity contribution in [2.45, 2.75) is 51.3 Å². The zero-order valence-corrected chi connectivity index (χ0v) is 12.2. The molecule has 20 heavy (non-hydrogen) atoms. The number of likely N-dealkylation sites (tertiary alicyclic amines) is 1. The second-order valence-corrected chi connectivity index (χ2v) is 5.70. The predicted molar refractivity (Wildman–Crippen MR) is 76.2 cm³/mol. The Hall–Kier alpha value is -1.33. The summed E-state index contributed by atoms with van der Waals surface area (Å²) in [6.45, 7) is 5.50. The van der Waals surface area contributed by atoms with Gasteiger partial charge in [0.15, 0.2) is 0 Å². The molecular formula is C15H24N2O3. The van der Waals surface area contributed by atoms with Crippen molar-refractivity contribution in [2.24, 2.45) is 0 Å². The van der Waals surface area contributed by atoms with Crippen LogP contribution in [0, 0.1) is 0 Å². The first-order valence-corrected chi connectivity index (χ1v) is 7.31. The summed E-state index contributed by atoms with van der Waals surface area (Å²) in [6, 6.07) is 3.90. The van der Waals surface area contributed by atoms with Gasteiger partial charge in [0.2, 0.25) is 5.91 Å². The van der Waals surface area contributed by atoms with E-state index in [0.29, 0.717) is 24.8 Å². The number of aliphatic hydroxyl groups is 1. The van der Waals surface area contributed by atoms with E-state index in [4.69, 9.17) is 4.42 Å². The smallest absolute Gasteiger partial charge is 0.234 e. The molecule has 3 atom stereocenters. The third-order valence-corrected chi connectivity index (χ3v) is 3.89. The Morgan fingerprint density at radius 1 is 1.65 bits per heavy atom. The summed E-state index contributed by atoms with van der Waals surface area (Å²) in [7, 11) is 0. The molecule has 0 bridgehead atoms. The molecule has 0 aromatic carbocycles. The van der Waals surface area contributed by atoms with Gasteiger partial charge < -0.3 is 14.8 Å². The van der Waals surface area contributed by atoms with Crippen molar-refractivity contribution in [2.75, 3.05) is 13.1 Å². The largest absolute Gasteiger partial charge is 0.467 e. The van der Waals surface area contributed by atoms with E-state index in [1.54, 1.807) is 12.1 Å². The number of furan rings is 1. The van der Waals surface area contributed by atoms with E-state index in [0.717, 1.165) is 6.54 Å². The van der Waals surface area contributed by atoms with Gasteiger partial charge in [-0.3, -0.25) is 9.69 Å². The van der Waals surface area contributed by atoms with Crippen LogP contribution in [0.4, 0.5) is 0 Å². The minimum absolute atomic E-state index is 0.0258. The minimum Gasteiger partial charge on any atom is -0.467 e. The summed E-state index contributed by atoms with van der Waals surface area (Å²) in [5.74, 6) is 0.567. The number of aliphatic hydroxyl groups excluding tert-OH is 1. The zero-order chi connectivity index (χ0) is 14.5. The van der Waals surface area contributed by atoms with Crippen molar-refractivity contribution in [3.8, 4) is 0 Å². The molecule has 5 heteroatoms.